The van der Waals surface area contributed by atoms with Crippen LogP contribution in [0.5, 0.6) is 0 Å². The smallest absolute Gasteiger partial charge is 0.461 e. The molecule has 0 N–H and O–H groups in total. The van der Waals surface area contributed by atoms with E-state index in [0.29, 0.717) is 24.4 Å². The number of hydrogen-bond acceptors (Lipinski definition) is 5. The maximum absolute atomic E-state index is 11.6. The van der Waals surface area contributed by atoms with E-state index in [1.165, 1.54) is 0 Å². The lowest BCUT2D eigenvalue weighted by Crippen LogP contribution is -2.05. The first kappa shape index (κ1) is 14.1. The van der Waals surface area contributed by atoms with Crippen LogP contribution in [0, 0.1) is 6.92 Å². The van der Waals surface area contributed by atoms with E-state index in [1.54, 1.807) is 6.92 Å². The third-order valence-corrected chi connectivity index (χ3v) is 2.86. The second-order valence-corrected chi connectivity index (χ2v) is 4.43. The highest BCUT2D eigenvalue weighted by Gasteiger charge is 2.10. The molecule has 0 saturated heterocycles. The topological polar surface area (TPSA) is 69.7 Å². The summed E-state index contributed by atoms with van der Waals surface area (Å²) in [4.78, 5) is 22.4. The first-order valence-corrected chi connectivity index (χ1v) is 6.44. The second kappa shape index (κ2) is 6.75. The average Bonchev–Trinajstić information content (AvgIpc) is 2.76. The predicted molar refractivity (Wildman–Crippen MR) is 71.2 cm³/mol. The van der Waals surface area contributed by atoms with Gasteiger partial charge in [0.25, 0.3) is 0 Å². The molecule has 0 spiro atoms. The Bertz CT molecular complexity index is 609. The van der Waals surface area contributed by atoms with Gasteiger partial charge in [-0.1, -0.05) is 30.3 Å². The molecule has 20 heavy (non-hydrogen) atoms. The fraction of sp³-hybridized carbons (Fsp3) is 0.333. The molecule has 1 aromatic heterocycles. The first-order chi connectivity index (χ1) is 9.65. The number of carbonyl (C=O) groups excluding carboxylic acids is 1. The Labute approximate surface area is 116 Å². The van der Waals surface area contributed by atoms with E-state index in [2.05, 4.69) is 0 Å². The fourth-order valence-electron chi connectivity index (χ4n) is 1.81. The largest absolute Gasteiger partial charge is 0.519 e. The zero-order valence-corrected chi connectivity index (χ0v) is 11.3. The van der Waals surface area contributed by atoms with Crippen molar-refractivity contribution in [3.05, 3.63) is 58.0 Å². The Morgan fingerprint density at radius 2 is 1.95 bits per heavy atom. The minimum Gasteiger partial charge on any atom is -0.461 e. The van der Waals surface area contributed by atoms with Crippen molar-refractivity contribution in [1.29, 1.82) is 0 Å². The normalized spacial score (nSPS) is 10.4. The van der Waals surface area contributed by atoms with E-state index in [0.717, 1.165) is 5.56 Å². The molecule has 0 atom stereocenters. The predicted octanol–water partition coefficient (Wildman–Crippen LogP) is 2.61. The van der Waals surface area contributed by atoms with Crippen LogP contribution in [0.3, 0.4) is 0 Å². The standard InChI is InChI=1S/C15H16O5/c1-11-13(20-15(17)19-11)8-5-9-14(16)18-10-12-6-3-2-4-7-12/h2-4,6-7H,5,8-10H2,1H3. The molecule has 0 aliphatic rings. The van der Waals surface area contributed by atoms with Gasteiger partial charge in [0, 0.05) is 12.8 Å². The van der Waals surface area contributed by atoms with Crippen molar-refractivity contribution in [3.63, 3.8) is 0 Å². The van der Waals surface area contributed by atoms with Crippen molar-refractivity contribution in [2.75, 3.05) is 0 Å². The first-order valence-electron chi connectivity index (χ1n) is 6.44. The molecule has 1 aromatic carbocycles. The monoisotopic (exact) mass is 276 g/mol. The number of aryl methyl sites for hydroxylation is 2. The number of carbonyl (C=O) groups is 1. The fourth-order valence-corrected chi connectivity index (χ4v) is 1.81. The molecule has 2 aromatic rings. The van der Waals surface area contributed by atoms with Gasteiger partial charge in [-0.15, -0.1) is 0 Å². The van der Waals surface area contributed by atoms with Crippen molar-refractivity contribution in [1.82, 2.24) is 0 Å². The van der Waals surface area contributed by atoms with Crippen molar-refractivity contribution in [3.8, 4) is 0 Å². The summed E-state index contributed by atoms with van der Waals surface area (Å²) < 4.78 is 14.7. The van der Waals surface area contributed by atoms with Crippen LogP contribution in [0.4, 0.5) is 0 Å². The zero-order chi connectivity index (χ0) is 14.4. The molecule has 0 aliphatic carbocycles. The molecule has 0 aliphatic heterocycles. The van der Waals surface area contributed by atoms with Crippen LogP contribution in [0.1, 0.15) is 29.9 Å². The Morgan fingerprint density at radius 3 is 2.60 bits per heavy atom. The van der Waals surface area contributed by atoms with Gasteiger partial charge >= 0.3 is 11.8 Å². The maximum atomic E-state index is 11.6. The molecule has 0 radical (unpaired) electrons. The Morgan fingerprint density at radius 1 is 1.20 bits per heavy atom. The summed E-state index contributed by atoms with van der Waals surface area (Å²) in [7, 11) is 0. The van der Waals surface area contributed by atoms with Crippen LogP contribution < -0.4 is 5.82 Å². The molecule has 5 heteroatoms. The number of esters is 1. The van der Waals surface area contributed by atoms with E-state index in [1.807, 2.05) is 30.3 Å². The lowest BCUT2D eigenvalue weighted by atomic mass is 10.2. The van der Waals surface area contributed by atoms with E-state index in [-0.39, 0.29) is 19.0 Å². The van der Waals surface area contributed by atoms with Crippen LogP contribution in [0.2, 0.25) is 0 Å². The summed E-state index contributed by atoms with van der Waals surface area (Å²) >= 11 is 0. The summed E-state index contributed by atoms with van der Waals surface area (Å²) in [6.07, 6.45) is 1.32. The summed E-state index contributed by atoms with van der Waals surface area (Å²) in [5.74, 6) is -0.0139. The van der Waals surface area contributed by atoms with E-state index < -0.39 is 5.82 Å². The average molecular weight is 276 g/mol. The van der Waals surface area contributed by atoms with Crippen LogP contribution >= 0.6 is 0 Å². The highest BCUT2D eigenvalue weighted by atomic mass is 16.6. The number of ether oxygens (including phenoxy) is 1. The molecule has 0 saturated carbocycles. The summed E-state index contributed by atoms with van der Waals surface area (Å²) in [6.45, 7) is 1.94. The zero-order valence-electron chi connectivity index (χ0n) is 11.3. The van der Waals surface area contributed by atoms with Crippen LogP contribution in [0.15, 0.2) is 44.0 Å². The van der Waals surface area contributed by atoms with Crippen LogP contribution in [0.25, 0.3) is 0 Å². The lowest BCUT2D eigenvalue weighted by molar-refractivity contribution is -0.145. The third-order valence-electron chi connectivity index (χ3n) is 2.86. The van der Waals surface area contributed by atoms with Gasteiger partial charge in [-0.05, 0) is 18.9 Å². The molecule has 0 bridgehead atoms. The molecule has 5 nitrogen and oxygen atoms in total. The molecule has 106 valence electrons. The number of hydrogen-bond donors (Lipinski definition) is 0. The van der Waals surface area contributed by atoms with E-state index in [9.17, 15) is 9.59 Å². The third kappa shape index (κ3) is 4.12. The SMILES string of the molecule is Cc1oc(=O)oc1CCCC(=O)OCc1ccccc1. The van der Waals surface area contributed by atoms with Gasteiger partial charge in [0.1, 0.15) is 18.1 Å². The highest BCUT2D eigenvalue weighted by molar-refractivity contribution is 5.69. The summed E-state index contributed by atoms with van der Waals surface area (Å²) in [5, 5.41) is 0. The van der Waals surface area contributed by atoms with Gasteiger partial charge in [-0.25, -0.2) is 4.79 Å². The summed E-state index contributed by atoms with van der Waals surface area (Å²) in [5.41, 5.74) is 0.956. The lowest BCUT2D eigenvalue weighted by Gasteiger charge is -2.04. The van der Waals surface area contributed by atoms with Gasteiger partial charge < -0.3 is 13.6 Å². The molecule has 0 fully saturated rings. The van der Waals surface area contributed by atoms with E-state index >= 15 is 0 Å². The molecule has 2 rings (SSSR count). The minimum absolute atomic E-state index is 0.266. The quantitative estimate of drug-likeness (QED) is 0.758. The summed E-state index contributed by atoms with van der Waals surface area (Å²) in [6, 6.07) is 9.50. The van der Waals surface area contributed by atoms with Gasteiger partial charge in [0.05, 0.1) is 0 Å². The van der Waals surface area contributed by atoms with Gasteiger partial charge in [0.15, 0.2) is 0 Å². The maximum Gasteiger partial charge on any atom is 0.519 e. The van der Waals surface area contributed by atoms with Crippen molar-refractivity contribution in [2.24, 2.45) is 0 Å². The minimum atomic E-state index is -0.704. The van der Waals surface area contributed by atoms with Crippen LogP contribution in [-0.4, -0.2) is 5.97 Å². The molecular weight excluding hydrogens is 260 g/mol. The number of rotatable bonds is 6. The molecular formula is C15H16O5. The number of benzene rings is 1. The Kier molecular flexibility index (Phi) is 4.76. The molecule has 1 heterocycles. The Hall–Kier alpha value is -2.30. The highest BCUT2D eigenvalue weighted by Crippen LogP contribution is 2.10. The van der Waals surface area contributed by atoms with Gasteiger partial charge in [0.2, 0.25) is 0 Å². The van der Waals surface area contributed by atoms with Crippen molar-refractivity contribution in [2.45, 2.75) is 32.8 Å². The Balaban J connectivity index is 1.70. The van der Waals surface area contributed by atoms with Crippen molar-refractivity contribution < 1.29 is 18.4 Å². The van der Waals surface area contributed by atoms with Gasteiger partial charge in [-0.2, -0.15) is 0 Å². The van der Waals surface area contributed by atoms with E-state index in [4.69, 9.17) is 13.6 Å². The van der Waals surface area contributed by atoms with Gasteiger partial charge in [-0.3, -0.25) is 4.79 Å². The van der Waals surface area contributed by atoms with Crippen molar-refractivity contribution >= 4 is 5.97 Å². The second-order valence-electron chi connectivity index (χ2n) is 4.43. The molecule has 0 amide bonds. The van der Waals surface area contributed by atoms with Crippen LogP contribution in [-0.2, 0) is 22.6 Å². The molecule has 0 unspecified atom stereocenters.